The van der Waals surface area contributed by atoms with E-state index < -0.39 is 0 Å². The van der Waals surface area contributed by atoms with Gasteiger partial charge in [-0.05, 0) is 38.1 Å². The first-order chi connectivity index (χ1) is 11.6. The summed E-state index contributed by atoms with van der Waals surface area (Å²) in [5, 5.41) is 9.15. The van der Waals surface area contributed by atoms with Gasteiger partial charge in [-0.15, -0.1) is 35.3 Å². The van der Waals surface area contributed by atoms with Crippen LogP contribution in [0.4, 0.5) is 0 Å². The zero-order chi connectivity index (χ0) is 17.4. The van der Waals surface area contributed by atoms with E-state index in [1.807, 2.05) is 11.3 Å². The number of likely N-dealkylation sites (tertiary alicyclic amines) is 1. The highest BCUT2D eigenvalue weighted by Gasteiger charge is 2.19. The Labute approximate surface area is 174 Å². The first-order valence-electron chi connectivity index (χ1n) is 9.03. The molecule has 2 heterocycles. The lowest BCUT2D eigenvalue weighted by atomic mass is 10.0. The van der Waals surface area contributed by atoms with Crippen molar-refractivity contribution in [3.05, 3.63) is 34.5 Å². The maximum atomic E-state index is 4.80. The maximum absolute atomic E-state index is 4.80. The van der Waals surface area contributed by atoms with Gasteiger partial charge < -0.3 is 10.6 Å². The zero-order valence-electron chi connectivity index (χ0n) is 15.8. The topological polar surface area (TPSA) is 39.7 Å². The number of aliphatic imine (C=N–C) groups is 1. The molecule has 0 aromatic carbocycles. The molecule has 1 aliphatic heterocycles. The predicted molar refractivity (Wildman–Crippen MR) is 122 cm³/mol. The van der Waals surface area contributed by atoms with Gasteiger partial charge in [-0.25, -0.2) is 0 Å². The van der Waals surface area contributed by atoms with Crippen molar-refractivity contribution in [3.8, 4) is 0 Å². The summed E-state index contributed by atoms with van der Waals surface area (Å²) in [5.74, 6) is 1.43. The molecule has 2 rings (SSSR count). The second-order valence-corrected chi connectivity index (χ2v) is 7.77. The summed E-state index contributed by atoms with van der Waals surface area (Å²) in [7, 11) is 0. The van der Waals surface area contributed by atoms with Gasteiger partial charge in [0, 0.05) is 43.0 Å². The average molecular weight is 476 g/mol. The number of piperidine rings is 1. The molecule has 1 fully saturated rings. The van der Waals surface area contributed by atoms with Crippen molar-refractivity contribution in [2.45, 2.75) is 45.6 Å². The molecule has 6 heteroatoms. The first kappa shape index (κ1) is 22.4. The minimum absolute atomic E-state index is 0. The molecule has 4 nitrogen and oxygen atoms in total. The van der Waals surface area contributed by atoms with Crippen LogP contribution in [0.5, 0.6) is 0 Å². The van der Waals surface area contributed by atoms with Crippen LogP contribution in [0.2, 0.25) is 0 Å². The highest BCUT2D eigenvalue weighted by atomic mass is 127. The second-order valence-electron chi connectivity index (χ2n) is 6.79. The average Bonchev–Trinajstić information content (AvgIpc) is 3.08. The molecular formula is C19H33IN4S. The summed E-state index contributed by atoms with van der Waals surface area (Å²) < 4.78 is 0. The van der Waals surface area contributed by atoms with Crippen LogP contribution in [-0.4, -0.2) is 49.6 Å². The molecule has 1 aromatic rings. The summed E-state index contributed by atoms with van der Waals surface area (Å²) in [6.07, 6.45) is 2.33. The van der Waals surface area contributed by atoms with Crippen LogP contribution in [-0.2, 0) is 0 Å². The molecule has 2 N–H and O–H groups in total. The molecule has 0 aliphatic carbocycles. The van der Waals surface area contributed by atoms with Gasteiger partial charge in [-0.3, -0.25) is 9.89 Å². The third-order valence-corrected chi connectivity index (χ3v) is 5.42. The van der Waals surface area contributed by atoms with Gasteiger partial charge in [0.2, 0.25) is 0 Å². The number of nitrogens with zero attached hydrogens (tertiary/aromatic N) is 2. The van der Waals surface area contributed by atoms with Gasteiger partial charge in [-0.1, -0.05) is 25.1 Å². The van der Waals surface area contributed by atoms with Crippen molar-refractivity contribution in [1.82, 2.24) is 15.5 Å². The standard InChI is InChI=1S/C19H32N4S.HI/c1-5-20-19(21-13-16(4)18-7-6-12-24-18)22-17-8-10-23(11-9-17)14-15(2)3;/h6-7,12,16-17H,2,5,8-11,13-14H2,1,3-4H3,(H2,20,21,22);1H. The molecule has 1 saturated heterocycles. The fourth-order valence-electron chi connectivity index (χ4n) is 3.02. The molecule has 0 spiro atoms. The number of hydrogen-bond acceptors (Lipinski definition) is 3. The van der Waals surface area contributed by atoms with E-state index in [0.29, 0.717) is 12.0 Å². The Balaban J connectivity index is 0.00000312. The summed E-state index contributed by atoms with van der Waals surface area (Å²) in [5.41, 5.74) is 1.25. The fourth-order valence-corrected chi connectivity index (χ4v) is 3.80. The van der Waals surface area contributed by atoms with Crippen molar-refractivity contribution in [1.29, 1.82) is 0 Å². The van der Waals surface area contributed by atoms with Crippen LogP contribution in [0.1, 0.15) is 44.4 Å². The van der Waals surface area contributed by atoms with Crippen molar-refractivity contribution in [3.63, 3.8) is 0 Å². The van der Waals surface area contributed by atoms with E-state index in [2.05, 4.69) is 60.4 Å². The van der Waals surface area contributed by atoms with Crippen molar-refractivity contribution in [2.24, 2.45) is 4.99 Å². The molecule has 1 unspecified atom stereocenters. The number of thiophene rings is 1. The van der Waals surface area contributed by atoms with E-state index in [-0.39, 0.29) is 24.0 Å². The van der Waals surface area contributed by atoms with Gasteiger partial charge in [0.15, 0.2) is 5.96 Å². The Morgan fingerprint density at radius 3 is 2.72 bits per heavy atom. The SMILES string of the molecule is C=C(C)CN1CCC(NC(=NCC(C)c2cccs2)NCC)CC1.I. The molecule has 0 saturated carbocycles. The van der Waals surface area contributed by atoms with E-state index in [1.54, 1.807) is 0 Å². The Kier molecular flexibility index (Phi) is 10.7. The second kappa shape index (κ2) is 11.9. The van der Waals surface area contributed by atoms with Crippen LogP contribution in [0, 0.1) is 0 Å². The molecular weight excluding hydrogens is 443 g/mol. The van der Waals surface area contributed by atoms with Crippen LogP contribution in [0.3, 0.4) is 0 Å². The monoisotopic (exact) mass is 476 g/mol. The van der Waals surface area contributed by atoms with Crippen molar-refractivity contribution >= 4 is 41.3 Å². The van der Waals surface area contributed by atoms with Gasteiger partial charge >= 0.3 is 0 Å². The maximum Gasteiger partial charge on any atom is 0.191 e. The molecule has 1 aliphatic rings. The summed E-state index contributed by atoms with van der Waals surface area (Å²) in [6, 6.07) is 4.83. The number of hydrogen-bond donors (Lipinski definition) is 2. The van der Waals surface area contributed by atoms with Crippen molar-refractivity contribution in [2.75, 3.05) is 32.7 Å². The molecule has 0 radical (unpaired) electrons. The minimum atomic E-state index is 0. The normalized spacial score (nSPS) is 17.6. The summed E-state index contributed by atoms with van der Waals surface area (Å²) >= 11 is 1.81. The van der Waals surface area contributed by atoms with E-state index in [1.165, 1.54) is 10.5 Å². The lowest BCUT2D eigenvalue weighted by molar-refractivity contribution is 0.221. The van der Waals surface area contributed by atoms with Gasteiger partial charge in [0.25, 0.3) is 0 Å². The van der Waals surface area contributed by atoms with E-state index in [9.17, 15) is 0 Å². The van der Waals surface area contributed by atoms with E-state index in [0.717, 1.165) is 51.5 Å². The van der Waals surface area contributed by atoms with Crippen LogP contribution in [0.15, 0.2) is 34.7 Å². The Bertz CT molecular complexity index is 522. The van der Waals surface area contributed by atoms with Crippen molar-refractivity contribution < 1.29 is 0 Å². The lowest BCUT2D eigenvalue weighted by Gasteiger charge is -2.33. The smallest absolute Gasteiger partial charge is 0.191 e. The highest BCUT2D eigenvalue weighted by molar-refractivity contribution is 14.0. The number of halogens is 1. The minimum Gasteiger partial charge on any atom is -0.357 e. The van der Waals surface area contributed by atoms with Crippen LogP contribution in [0.25, 0.3) is 0 Å². The molecule has 142 valence electrons. The Hall–Kier alpha value is -0.600. The Morgan fingerprint density at radius 2 is 2.16 bits per heavy atom. The summed E-state index contributed by atoms with van der Waals surface area (Å²) in [6.45, 7) is 15.5. The molecule has 25 heavy (non-hydrogen) atoms. The van der Waals surface area contributed by atoms with E-state index >= 15 is 0 Å². The molecule has 0 amide bonds. The Morgan fingerprint density at radius 1 is 1.44 bits per heavy atom. The van der Waals surface area contributed by atoms with Crippen LogP contribution < -0.4 is 10.6 Å². The molecule has 1 atom stereocenters. The number of nitrogens with one attached hydrogen (secondary N) is 2. The van der Waals surface area contributed by atoms with Crippen LogP contribution >= 0.6 is 35.3 Å². The fraction of sp³-hybridized carbons (Fsp3) is 0.632. The van der Waals surface area contributed by atoms with Gasteiger partial charge in [0.1, 0.15) is 0 Å². The quantitative estimate of drug-likeness (QED) is 0.270. The first-order valence-corrected chi connectivity index (χ1v) is 9.91. The van der Waals surface area contributed by atoms with Gasteiger partial charge in [-0.2, -0.15) is 0 Å². The third-order valence-electron chi connectivity index (χ3n) is 4.32. The lowest BCUT2D eigenvalue weighted by Crippen LogP contribution is -2.49. The molecule has 0 bridgehead atoms. The molecule has 1 aromatic heterocycles. The van der Waals surface area contributed by atoms with Gasteiger partial charge in [0.05, 0.1) is 6.54 Å². The zero-order valence-corrected chi connectivity index (χ0v) is 18.9. The third kappa shape index (κ3) is 8.09. The summed E-state index contributed by atoms with van der Waals surface area (Å²) in [4.78, 5) is 8.70. The predicted octanol–water partition coefficient (Wildman–Crippen LogP) is 4.07. The largest absolute Gasteiger partial charge is 0.357 e. The number of guanidine groups is 1. The highest BCUT2D eigenvalue weighted by Crippen LogP contribution is 2.20. The number of rotatable bonds is 7. The van der Waals surface area contributed by atoms with E-state index in [4.69, 9.17) is 4.99 Å².